The topological polar surface area (TPSA) is 101 Å². The third-order valence-corrected chi connectivity index (χ3v) is 5.06. The van der Waals surface area contributed by atoms with E-state index in [-0.39, 0.29) is 23.8 Å². The number of fused-ring (bicyclic) bond motifs is 1. The van der Waals surface area contributed by atoms with Crippen molar-refractivity contribution in [3.05, 3.63) is 53.3 Å². The Hall–Kier alpha value is -2.73. The van der Waals surface area contributed by atoms with Crippen molar-refractivity contribution in [3.8, 4) is 0 Å². The summed E-state index contributed by atoms with van der Waals surface area (Å²) in [5.74, 6) is -1.27. The highest BCUT2D eigenvalue weighted by molar-refractivity contribution is 7.88. The second-order valence-corrected chi connectivity index (χ2v) is 7.52. The highest BCUT2D eigenvalue weighted by atomic mass is 32.2. The molecule has 0 atom stereocenters. The van der Waals surface area contributed by atoms with Gasteiger partial charge in [0.15, 0.2) is 5.65 Å². The van der Waals surface area contributed by atoms with Gasteiger partial charge in [0.05, 0.1) is 5.75 Å². The van der Waals surface area contributed by atoms with Crippen LogP contribution in [-0.4, -0.2) is 35.3 Å². The van der Waals surface area contributed by atoms with Crippen molar-refractivity contribution in [1.29, 1.82) is 0 Å². The fourth-order valence-electron chi connectivity index (χ4n) is 2.39. The molecule has 0 aliphatic heterocycles. The fraction of sp³-hybridized carbons (Fsp3) is 0.267. The highest BCUT2D eigenvalue weighted by Gasteiger charge is 2.37. The van der Waals surface area contributed by atoms with E-state index >= 15 is 0 Å². The number of hydrogen-bond acceptors (Lipinski definition) is 6. The zero-order chi connectivity index (χ0) is 19.7. The SMILES string of the molecule is CNS(=O)(=O)Cc1ccccc1CNc1ccc2nnc(C(F)(F)F)n2n1. The first-order valence-corrected chi connectivity index (χ1v) is 9.36. The predicted octanol–water partition coefficient (Wildman–Crippen LogP) is 1.80. The Balaban J connectivity index is 1.83. The van der Waals surface area contributed by atoms with Crippen LogP contribution < -0.4 is 10.0 Å². The van der Waals surface area contributed by atoms with Crippen LogP contribution in [-0.2, 0) is 28.5 Å². The number of nitrogens with zero attached hydrogens (tertiary/aromatic N) is 4. The van der Waals surface area contributed by atoms with Crippen LogP contribution in [0.1, 0.15) is 17.0 Å². The van der Waals surface area contributed by atoms with Crippen molar-refractivity contribution in [2.45, 2.75) is 18.5 Å². The minimum atomic E-state index is -4.68. The van der Waals surface area contributed by atoms with E-state index in [1.165, 1.54) is 19.2 Å². The van der Waals surface area contributed by atoms with E-state index in [0.717, 1.165) is 0 Å². The van der Waals surface area contributed by atoms with Crippen LogP contribution in [0.25, 0.3) is 5.65 Å². The van der Waals surface area contributed by atoms with Gasteiger partial charge in [-0.2, -0.15) is 17.7 Å². The zero-order valence-corrected chi connectivity index (χ0v) is 14.8. The Labute approximate surface area is 152 Å². The van der Waals surface area contributed by atoms with E-state index in [1.54, 1.807) is 24.3 Å². The van der Waals surface area contributed by atoms with Crippen LogP contribution >= 0.6 is 0 Å². The summed E-state index contributed by atoms with van der Waals surface area (Å²) in [6.45, 7) is 0.178. The average Bonchev–Trinajstić information content (AvgIpc) is 3.04. The minimum Gasteiger partial charge on any atom is -0.365 e. The molecule has 0 bridgehead atoms. The summed E-state index contributed by atoms with van der Waals surface area (Å²) in [7, 11) is -2.13. The molecule has 2 heterocycles. The molecule has 0 fully saturated rings. The van der Waals surface area contributed by atoms with Crippen molar-refractivity contribution in [3.63, 3.8) is 0 Å². The monoisotopic (exact) mass is 400 g/mol. The fourth-order valence-corrected chi connectivity index (χ4v) is 3.23. The highest BCUT2D eigenvalue weighted by Crippen LogP contribution is 2.27. The third-order valence-electron chi connectivity index (χ3n) is 3.75. The Morgan fingerprint density at radius 2 is 1.78 bits per heavy atom. The summed E-state index contributed by atoms with van der Waals surface area (Å²) < 4.78 is 65.2. The van der Waals surface area contributed by atoms with Gasteiger partial charge in [0.2, 0.25) is 10.0 Å². The van der Waals surface area contributed by atoms with Crippen molar-refractivity contribution >= 4 is 21.5 Å². The quantitative estimate of drug-likeness (QED) is 0.654. The normalized spacial score (nSPS) is 12.4. The standard InChI is InChI=1S/C15H15F3N6O2S/c1-19-27(25,26)9-11-5-3-2-4-10(11)8-20-12-6-7-13-21-22-14(15(16,17)18)24(13)23-12/h2-7,19H,8-9H2,1H3,(H,20,23). The number of nitrogens with one attached hydrogen (secondary N) is 2. The number of anilines is 1. The van der Waals surface area contributed by atoms with Crippen LogP contribution in [0.2, 0.25) is 0 Å². The lowest BCUT2D eigenvalue weighted by atomic mass is 10.1. The summed E-state index contributed by atoms with van der Waals surface area (Å²) in [5, 5.41) is 13.3. The van der Waals surface area contributed by atoms with E-state index in [4.69, 9.17) is 0 Å². The number of hydrogen-bond donors (Lipinski definition) is 2. The minimum absolute atomic E-state index is 0.0339. The van der Waals surface area contributed by atoms with E-state index in [9.17, 15) is 21.6 Å². The van der Waals surface area contributed by atoms with E-state index in [0.29, 0.717) is 15.6 Å². The second kappa shape index (κ2) is 7.12. The van der Waals surface area contributed by atoms with Gasteiger partial charge < -0.3 is 5.32 Å². The summed E-state index contributed by atoms with van der Waals surface area (Å²) in [4.78, 5) is 0. The molecule has 144 valence electrons. The molecule has 1 aromatic carbocycles. The smallest absolute Gasteiger partial charge is 0.365 e. The maximum absolute atomic E-state index is 12.9. The van der Waals surface area contributed by atoms with E-state index in [1.807, 2.05) is 0 Å². The van der Waals surface area contributed by atoms with Crippen LogP contribution in [0.4, 0.5) is 19.0 Å². The molecule has 2 aromatic heterocycles. The lowest BCUT2D eigenvalue weighted by Crippen LogP contribution is -2.21. The second-order valence-electron chi connectivity index (χ2n) is 5.60. The molecule has 0 aliphatic rings. The molecule has 0 aliphatic carbocycles. The van der Waals surface area contributed by atoms with Crippen molar-refractivity contribution in [2.24, 2.45) is 0 Å². The Morgan fingerprint density at radius 1 is 1.07 bits per heavy atom. The molecule has 0 unspecified atom stereocenters. The van der Waals surface area contributed by atoms with Crippen LogP contribution in [0.15, 0.2) is 36.4 Å². The molecule has 27 heavy (non-hydrogen) atoms. The first-order valence-electron chi connectivity index (χ1n) is 7.71. The number of halogens is 3. The van der Waals surface area contributed by atoms with Gasteiger partial charge in [0.1, 0.15) is 5.82 Å². The average molecular weight is 400 g/mol. The van der Waals surface area contributed by atoms with Crippen LogP contribution in [0.5, 0.6) is 0 Å². The molecular weight excluding hydrogens is 385 g/mol. The first-order chi connectivity index (χ1) is 12.7. The number of rotatable bonds is 6. The number of alkyl halides is 3. The van der Waals surface area contributed by atoms with Crippen LogP contribution in [0, 0.1) is 0 Å². The maximum atomic E-state index is 12.9. The molecular formula is C15H15F3N6O2S. The van der Waals surface area contributed by atoms with E-state index < -0.39 is 22.0 Å². The Morgan fingerprint density at radius 3 is 2.44 bits per heavy atom. The lowest BCUT2D eigenvalue weighted by Gasteiger charge is -2.11. The molecule has 0 saturated heterocycles. The Kier molecular flexibility index (Phi) is 5.02. The molecule has 0 amide bonds. The summed E-state index contributed by atoms with van der Waals surface area (Å²) in [6.07, 6.45) is -4.68. The molecule has 3 aromatic rings. The van der Waals surface area contributed by atoms with Crippen molar-refractivity contribution in [1.82, 2.24) is 24.5 Å². The first kappa shape index (κ1) is 19.0. The van der Waals surface area contributed by atoms with Crippen LogP contribution in [0.3, 0.4) is 0 Å². The summed E-state index contributed by atoms with van der Waals surface area (Å²) >= 11 is 0. The van der Waals surface area contributed by atoms with Gasteiger partial charge in [-0.15, -0.1) is 15.3 Å². The predicted molar refractivity (Wildman–Crippen MR) is 91.2 cm³/mol. The molecule has 0 radical (unpaired) electrons. The van der Waals surface area contributed by atoms with Gasteiger partial charge in [-0.25, -0.2) is 13.1 Å². The van der Waals surface area contributed by atoms with E-state index in [2.05, 4.69) is 25.3 Å². The van der Waals surface area contributed by atoms with Crippen molar-refractivity contribution in [2.75, 3.05) is 12.4 Å². The van der Waals surface area contributed by atoms with Gasteiger partial charge in [-0.3, -0.25) is 0 Å². The Bertz CT molecular complexity index is 1060. The van der Waals surface area contributed by atoms with Gasteiger partial charge in [-0.1, -0.05) is 24.3 Å². The number of aromatic nitrogens is 4. The van der Waals surface area contributed by atoms with Gasteiger partial charge in [-0.05, 0) is 30.3 Å². The summed E-state index contributed by atoms with van der Waals surface area (Å²) in [5.41, 5.74) is 1.21. The molecule has 12 heteroatoms. The molecule has 3 rings (SSSR count). The van der Waals surface area contributed by atoms with Gasteiger partial charge in [0.25, 0.3) is 5.82 Å². The maximum Gasteiger partial charge on any atom is 0.453 e. The summed E-state index contributed by atoms with van der Waals surface area (Å²) in [6, 6.07) is 9.67. The van der Waals surface area contributed by atoms with Gasteiger partial charge in [0, 0.05) is 6.54 Å². The zero-order valence-electron chi connectivity index (χ0n) is 14.0. The van der Waals surface area contributed by atoms with Gasteiger partial charge >= 0.3 is 6.18 Å². The number of sulfonamides is 1. The largest absolute Gasteiger partial charge is 0.453 e. The molecule has 0 saturated carbocycles. The molecule has 2 N–H and O–H groups in total. The lowest BCUT2D eigenvalue weighted by molar-refractivity contribution is -0.146. The molecule has 0 spiro atoms. The van der Waals surface area contributed by atoms with Crippen molar-refractivity contribution < 1.29 is 21.6 Å². The third kappa shape index (κ3) is 4.34. The number of benzene rings is 1. The molecule has 8 nitrogen and oxygen atoms in total.